The highest BCUT2D eigenvalue weighted by Gasteiger charge is 2.19. The summed E-state index contributed by atoms with van der Waals surface area (Å²) in [6, 6.07) is 0. The second kappa shape index (κ2) is 57.6. The molecule has 0 bridgehead atoms. The number of ether oxygens (including phenoxy) is 3. The van der Waals surface area contributed by atoms with E-state index in [9.17, 15) is 14.4 Å². The summed E-state index contributed by atoms with van der Waals surface area (Å²) in [5.74, 6) is -0.949. The molecule has 0 aliphatic carbocycles. The first kappa shape index (κ1) is 66.1. The van der Waals surface area contributed by atoms with Gasteiger partial charge in [0.05, 0.1) is 0 Å². The second-order valence-electron chi connectivity index (χ2n) is 18.8. The van der Waals surface area contributed by atoms with Crippen LogP contribution in [0.15, 0.2) is 109 Å². The number of carbonyl (C=O) groups is 3. The minimum absolute atomic E-state index is 0.0956. The Balaban J connectivity index is 4.38. The molecule has 0 rings (SSSR count). The second-order valence-corrected chi connectivity index (χ2v) is 18.8. The fraction of sp³-hybridized carbons (Fsp3) is 0.672. The van der Waals surface area contributed by atoms with Gasteiger partial charge in [0.15, 0.2) is 6.10 Å². The van der Waals surface area contributed by atoms with Gasteiger partial charge in [-0.3, -0.25) is 14.4 Å². The molecule has 0 aliphatic rings. The number of esters is 3. The van der Waals surface area contributed by atoms with E-state index in [1.54, 1.807) is 0 Å². The Morgan fingerprint density at radius 1 is 0.300 bits per heavy atom. The van der Waals surface area contributed by atoms with Crippen molar-refractivity contribution in [3.8, 4) is 0 Å². The third-order valence-electron chi connectivity index (χ3n) is 12.0. The fourth-order valence-corrected chi connectivity index (χ4v) is 7.67. The first-order valence-corrected chi connectivity index (χ1v) is 28.9. The molecule has 0 aliphatic heterocycles. The molecule has 0 aromatic carbocycles. The molecule has 398 valence electrons. The quantitative estimate of drug-likeness (QED) is 0.0262. The van der Waals surface area contributed by atoms with Crippen LogP contribution in [0.1, 0.15) is 258 Å². The lowest BCUT2D eigenvalue weighted by Gasteiger charge is -2.18. The minimum Gasteiger partial charge on any atom is -0.462 e. The largest absolute Gasteiger partial charge is 0.462 e. The molecular formula is C64H106O6. The average molecular weight is 972 g/mol. The van der Waals surface area contributed by atoms with Crippen LogP contribution in [-0.2, 0) is 28.6 Å². The van der Waals surface area contributed by atoms with Crippen molar-refractivity contribution in [2.24, 2.45) is 0 Å². The number of carbonyl (C=O) groups excluding carboxylic acids is 3. The van der Waals surface area contributed by atoms with Gasteiger partial charge in [-0.05, 0) is 103 Å². The van der Waals surface area contributed by atoms with Crippen molar-refractivity contribution >= 4 is 17.9 Å². The van der Waals surface area contributed by atoms with Gasteiger partial charge in [-0.25, -0.2) is 0 Å². The zero-order chi connectivity index (χ0) is 50.7. The summed E-state index contributed by atoms with van der Waals surface area (Å²) in [6.45, 7) is 6.44. The maximum Gasteiger partial charge on any atom is 0.306 e. The molecule has 6 heteroatoms. The summed E-state index contributed by atoms with van der Waals surface area (Å²) >= 11 is 0. The molecule has 0 amide bonds. The number of rotatable bonds is 51. The van der Waals surface area contributed by atoms with Crippen LogP contribution in [0.5, 0.6) is 0 Å². The minimum atomic E-state index is -0.798. The van der Waals surface area contributed by atoms with Crippen LogP contribution in [0.3, 0.4) is 0 Å². The standard InChI is InChI=1S/C64H106O6/c1-4-7-10-13-16-19-22-24-26-27-28-29-30-31-32-33-34-35-36-37-38-40-42-45-48-51-54-57-63(66)69-60-61(59-68-62(65)56-53-50-47-44-41-21-18-15-12-9-6-3)70-64(67)58-55-52-49-46-43-39-25-23-20-17-14-11-8-5-2/h7,10,15-16,18-19,24,26,28-29,31-32,34-35,37-38,42,45,61H,4-6,8-9,11-14,17,20-23,25,27,30,33,36,39-41,43-44,46-60H2,1-3H3/b10-7-,18-15-,19-16-,26-24-,29-28-,32-31-,35-34-,38-37-,45-42-. The molecule has 0 heterocycles. The van der Waals surface area contributed by atoms with Crippen molar-refractivity contribution in [1.82, 2.24) is 0 Å². The van der Waals surface area contributed by atoms with Crippen LogP contribution in [0.2, 0.25) is 0 Å². The van der Waals surface area contributed by atoms with Gasteiger partial charge in [0, 0.05) is 19.3 Å². The number of hydrogen-bond acceptors (Lipinski definition) is 6. The average Bonchev–Trinajstić information content (AvgIpc) is 3.36. The van der Waals surface area contributed by atoms with Crippen molar-refractivity contribution in [3.63, 3.8) is 0 Å². The summed E-state index contributed by atoms with van der Waals surface area (Å²) in [4.78, 5) is 38.1. The number of unbranched alkanes of at least 4 members (excludes halogenated alkanes) is 22. The molecule has 0 fully saturated rings. The first-order chi connectivity index (χ1) is 34.5. The predicted molar refractivity (Wildman–Crippen MR) is 302 cm³/mol. The van der Waals surface area contributed by atoms with Crippen molar-refractivity contribution in [3.05, 3.63) is 109 Å². The summed E-state index contributed by atoms with van der Waals surface area (Å²) in [5, 5.41) is 0. The molecule has 6 nitrogen and oxygen atoms in total. The van der Waals surface area contributed by atoms with E-state index < -0.39 is 6.10 Å². The third-order valence-corrected chi connectivity index (χ3v) is 12.0. The molecule has 0 spiro atoms. The van der Waals surface area contributed by atoms with Crippen LogP contribution in [0.4, 0.5) is 0 Å². The van der Waals surface area contributed by atoms with Gasteiger partial charge >= 0.3 is 17.9 Å². The van der Waals surface area contributed by atoms with Gasteiger partial charge in [0.2, 0.25) is 0 Å². The highest BCUT2D eigenvalue weighted by molar-refractivity contribution is 5.71. The highest BCUT2D eigenvalue weighted by atomic mass is 16.6. The van der Waals surface area contributed by atoms with E-state index in [2.05, 4.69) is 130 Å². The van der Waals surface area contributed by atoms with Gasteiger partial charge in [0.25, 0.3) is 0 Å². The molecule has 0 radical (unpaired) electrons. The normalized spacial score (nSPS) is 12.9. The van der Waals surface area contributed by atoms with Crippen molar-refractivity contribution < 1.29 is 28.6 Å². The zero-order valence-corrected chi connectivity index (χ0v) is 45.5. The Hall–Kier alpha value is -3.93. The van der Waals surface area contributed by atoms with Crippen LogP contribution in [0, 0.1) is 0 Å². The van der Waals surface area contributed by atoms with E-state index >= 15 is 0 Å². The van der Waals surface area contributed by atoms with E-state index in [0.29, 0.717) is 19.3 Å². The lowest BCUT2D eigenvalue weighted by atomic mass is 10.0. The van der Waals surface area contributed by atoms with Gasteiger partial charge in [0.1, 0.15) is 13.2 Å². The van der Waals surface area contributed by atoms with Gasteiger partial charge in [-0.2, -0.15) is 0 Å². The van der Waals surface area contributed by atoms with Crippen molar-refractivity contribution in [2.45, 2.75) is 264 Å². The lowest BCUT2D eigenvalue weighted by Crippen LogP contribution is -2.30. The van der Waals surface area contributed by atoms with E-state index in [1.807, 2.05) is 0 Å². The van der Waals surface area contributed by atoms with Crippen molar-refractivity contribution in [1.29, 1.82) is 0 Å². The Labute approximate surface area is 431 Å². The first-order valence-electron chi connectivity index (χ1n) is 28.9. The predicted octanol–water partition coefficient (Wildman–Crippen LogP) is 19.5. The maximum absolute atomic E-state index is 12.8. The molecule has 70 heavy (non-hydrogen) atoms. The van der Waals surface area contributed by atoms with E-state index in [0.717, 1.165) is 122 Å². The molecular weight excluding hydrogens is 865 g/mol. The van der Waals surface area contributed by atoms with Crippen LogP contribution in [-0.4, -0.2) is 37.2 Å². The topological polar surface area (TPSA) is 78.9 Å². The van der Waals surface area contributed by atoms with Crippen LogP contribution in [0.25, 0.3) is 0 Å². The molecule has 1 atom stereocenters. The maximum atomic E-state index is 12.8. The van der Waals surface area contributed by atoms with Crippen LogP contribution < -0.4 is 0 Å². The molecule has 0 N–H and O–H groups in total. The molecule has 0 aromatic heterocycles. The Bertz CT molecular complexity index is 1440. The van der Waals surface area contributed by atoms with E-state index in [1.165, 1.54) is 96.3 Å². The smallest absolute Gasteiger partial charge is 0.306 e. The summed E-state index contributed by atoms with van der Waals surface area (Å²) in [7, 11) is 0. The SMILES string of the molecule is CC/C=C\C/C=C\C/C=C\C/C=C\C/C=C\C/C=C\C/C=C\C/C=C\CCCCC(=O)OCC(COC(=O)CCCCCCC/C=C\CCCC)OC(=O)CCCCCCCCCCCCCCCC. The zero-order valence-electron chi connectivity index (χ0n) is 45.5. The van der Waals surface area contributed by atoms with Crippen LogP contribution >= 0.6 is 0 Å². The van der Waals surface area contributed by atoms with Gasteiger partial charge in [-0.1, -0.05) is 246 Å². The van der Waals surface area contributed by atoms with E-state index in [-0.39, 0.29) is 31.1 Å². The Morgan fingerprint density at radius 3 is 0.957 bits per heavy atom. The lowest BCUT2D eigenvalue weighted by molar-refractivity contribution is -0.167. The Kier molecular flexibility index (Phi) is 54.4. The molecule has 0 saturated carbocycles. The molecule has 0 aromatic rings. The number of hydrogen-bond donors (Lipinski definition) is 0. The summed E-state index contributed by atoms with van der Waals surface area (Å²) < 4.78 is 16.8. The van der Waals surface area contributed by atoms with Gasteiger partial charge < -0.3 is 14.2 Å². The number of allylic oxidation sites excluding steroid dienone is 18. The van der Waals surface area contributed by atoms with Gasteiger partial charge in [-0.15, -0.1) is 0 Å². The molecule has 1 unspecified atom stereocenters. The third kappa shape index (κ3) is 55.0. The van der Waals surface area contributed by atoms with Crippen molar-refractivity contribution in [2.75, 3.05) is 13.2 Å². The highest BCUT2D eigenvalue weighted by Crippen LogP contribution is 2.15. The monoisotopic (exact) mass is 971 g/mol. The fourth-order valence-electron chi connectivity index (χ4n) is 7.67. The van der Waals surface area contributed by atoms with E-state index in [4.69, 9.17) is 14.2 Å². The summed E-state index contributed by atoms with van der Waals surface area (Å²) in [5.41, 5.74) is 0. The summed E-state index contributed by atoms with van der Waals surface area (Å²) in [6.07, 6.45) is 78.0. The Morgan fingerprint density at radius 2 is 0.571 bits per heavy atom. The molecule has 0 saturated heterocycles.